The van der Waals surface area contributed by atoms with Gasteiger partial charge in [-0.2, -0.15) is 0 Å². The molecule has 32 heavy (non-hydrogen) atoms. The molecule has 6 heteroatoms. The molecule has 0 saturated carbocycles. The van der Waals surface area contributed by atoms with Gasteiger partial charge in [-0.15, -0.1) is 0 Å². The van der Waals surface area contributed by atoms with Crippen molar-refractivity contribution in [1.29, 1.82) is 0 Å². The molecule has 2 unspecified atom stereocenters. The number of methoxy groups -OCH3 is 1. The first-order chi connectivity index (χ1) is 15.4. The molecule has 2 heterocycles. The lowest BCUT2D eigenvalue weighted by atomic mass is 10.0. The smallest absolute Gasteiger partial charge is 0.256 e. The van der Waals surface area contributed by atoms with Gasteiger partial charge in [-0.25, -0.2) is 0 Å². The Kier molecular flexibility index (Phi) is 6.82. The van der Waals surface area contributed by atoms with Crippen molar-refractivity contribution in [2.24, 2.45) is 0 Å². The Hall–Kier alpha value is -2.83. The molecule has 0 radical (unpaired) electrons. The van der Waals surface area contributed by atoms with Gasteiger partial charge in [-0.1, -0.05) is 17.7 Å². The Labute approximate surface area is 190 Å². The predicted octanol–water partition coefficient (Wildman–Crippen LogP) is 4.37. The number of hydrogen-bond donors (Lipinski definition) is 1. The summed E-state index contributed by atoms with van der Waals surface area (Å²) in [5.41, 5.74) is 4.45. The van der Waals surface area contributed by atoms with E-state index in [9.17, 15) is 4.79 Å². The van der Waals surface area contributed by atoms with Crippen molar-refractivity contribution in [1.82, 2.24) is 4.90 Å². The Morgan fingerprint density at radius 2 is 1.91 bits per heavy atom. The zero-order valence-electron chi connectivity index (χ0n) is 19.3. The lowest BCUT2D eigenvalue weighted by molar-refractivity contribution is -0.110. The van der Waals surface area contributed by atoms with Crippen molar-refractivity contribution in [3.8, 4) is 11.5 Å². The van der Waals surface area contributed by atoms with Crippen LogP contribution in [0.1, 0.15) is 37.0 Å². The number of carbonyl (C=O) groups excluding carboxylic acids is 1. The molecule has 1 saturated heterocycles. The number of aryl methyl sites for hydroxylation is 1. The third-order valence-electron chi connectivity index (χ3n) is 5.83. The molecule has 1 fully saturated rings. The maximum Gasteiger partial charge on any atom is 0.256 e. The van der Waals surface area contributed by atoms with E-state index in [1.54, 1.807) is 7.11 Å². The van der Waals surface area contributed by atoms with E-state index in [1.165, 1.54) is 0 Å². The molecule has 1 amide bonds. The van der Waals surface area contributed by atoms with Crippen molar-refractivity contribution in [3.05, 3.63) is 53.1 Å². The number of nitrogens with one attached hydrogen (secondary N) is 1. The Morgan fingerprint density at radius 1 is 1.12 bits per heavy atom. The Bertz CT molecular complexity index is 1010. The summed E-state index contributed by atoms with van der Waals surface area (Å²) in [7, 11) is 1.64. The van der Waals surface area contributed by atoms with Crippen LogP contribution >= 0.6 is 0 Å². The fraction of sp³-hybridized carbons (Fsp3) is 0.423. The van der Waals surface area contributed by atoms with E-state index >= 15 is 0 Å². The van der Waals surface area contributed by atoms with E-state index in [1.807, 2.05) is 49.4 Å². The quantitative estimate of drug-likeness (QED) is 0.516. The molecular weight excluding hydrogens is 404 g/mol. The highest BCUT2D eigenvalue weighted by molar-refractivity contribution is 6.34. The summed E-state index contributed by atoms with van der Waals surface area (Å²) in [5.74, 6) is 1.29. The lowest BCUT2D eigenvalue weighted by Gasteiger charge is -2.35. The molecule has 0 bridgehead atoms. The van der Waals surface area contributed by atoms with E-state index in [0.717, 1.165) is 48.4 Å². The van der Waals surface area contributed by atoms with Crippen molar-refractivity contribution >= 4 is 23.2 Å². The molecule has 170 valence electrons. The standard InChI is InChI=1S/C26H32N2O4/c1-17-6-8-23-21(12-17)22(26(29)27-23)13-20-7-9-24(25(14-20)30-4)31-11-5-10-28-15-18(2)32-19(3)16-28/h6-9,12-14,18-19H,5,10-11,15-16H2,1-4H3,(H,27,29)/b22-13-. The normalized spacial score (nSPS) is 22.0. The summed E-state index contributed by atoms with van der Waals surface area (Å²) in [6, 6.07) is 11.8. The van der Waals surface area contributed by atoms with E-state index in [0.29, 0.717) is 23.7 Å². The largest absolute Gasteiger partial charge is 0.493 e. The summed E-state index contributed by atoms with van der Waals surface area (Å²) < 4.78 is 17.4. The van der Waals surface area contributed by atoms with Crippen LogP contribution in [0, 0.1) is 6.92 Å². The Morgan fingerprint density at radius 3 is 2.66 bits per heavy atom. The summed E-state index contributed by atoms with van der Waals surface area (Å²) in [4.78, 5) is 14.9. The molecule has 2 aliphatic rings. The summed E-state index contributed by atoms with van der Waals surface area (Å²) >= 11 is 0. The zero-order chi connectivity index (χ0) is 22.7. The van der Waals surface area contributed by atoms with Gasteiger partial charge in [-0.3, -0.25) is 9.69 Å². The molecular formula is C26H32N2O4. The second-order valence-electron chi connectivity index (χ2n) is 8.69. The third kappa shape index (κ3) is 5.14. The molecule has 2 aromatic rings. The highest BCUT2D eigenvalue weighted by Crippen LogP contribution is 2.35. The maximum atomic E-state index is 12.5. The zero-order valence-corrected chi connectivity index (χ0v) is 19.3. The number of fused-ring (bicyclic) bond motifs is 1. The van der Waals surface area contributed by atoms with Crippen LogP contribution in [-0.4, -0.2) is 56.4 Å². The number of amides is 1. The minimum atomic E-state index is -0.0864. The van der Waals surface area contributed by atoms with Crippen LogP contribution in [0.5, 0.6) is 11.5 Å². The maximum absolute atomic E-state index is 12.5. The van der Waals surface area contributed by atoms with Crippen LogP contribution in [0.3, 0.4) is 0 Å². The average Bonchev–Trinajstić information content (AvgIpc) is 3.05. The lowest BCUT2D eigenvalue weighted by Crippen LogP contribution is -2.45. The molecule has 2 atom stereocenters. The molecule has 0 aromatic heterocycles. The van der Waals surface area contributed by atoms with Gasteiger partial charge < -0.3 is 19.5 Å². The molecule has 6 nitrogen and oxygen atoms in total. The molecule has 4 rings (SSSR count). The van der Waals surface area contributed by atoms with Gasteiger partial charge in [-0.05, 0) is 63.1 Å². The number of benzene rings is 2. The summed E-state index contributed by atoms with van der Waals surface area (Å²) in [6.45, 7) is 9.80. The first-order valence-electron chi connectivity index (χ1n) is 11.3. The van der Waals surface area contributed by atoms with Crippen molar-refractivity contribution < 1.29 is 19.0 Å². The van der Waals surface area contributed by atoms with E-state index in [-0.39, 0.29) is 18.1 Å². The predicted molar refractivity (Wildman–Crippen MR) is 127 cm³/mol. The number of nitrogens with zero attached hydrogens (tertiary/aromatic N) is 1. The van der Waals surface area contributed by atoms with Crippen molar-refractivity contribution in [2.45, 2.75) is 39.4 Å². The average molecular weight is 437 g/mol. The van der Waals surface area contributed by atoms with Gasteiger partial charge in [0, 0.05) is 36.5 Å². The van der Waals surface area contributed by atoms with Gasteiger partial charge in [0.15, 0.2) is 11.5 Å². The second kappa shape index (κ2) is 9.76. The van der Waals surface area contributed by atoms with Gasteiger partial charge in [0.2, 0.25) is 0 Å². The SMILES string of the molecule is COc1cc(/C=C2\C(=O)Nc3ccc(C)cc32)ccc1OCCCN1CC(C)OC(C)C1. The van der Waals surface area contributed by atoms with Crippen LogP contribution in [-0.2, 0) is 9.53 Å². The van der Waals surface area contributed by atoms with Gasteiger partial charge in [0.25, 0.3) is 5.91 Å². The first-order valence-corrected chi connectivity index (χ1v) is 11.3. The molecule has 0 spiro atoms. The second-order valence-corrected chi connectivity index (χ2v) is 8.69. The Balaban J connectivity index is 1.40. The molecule has 2 aliphatic heterocycles. The number of carbonyl (C=O) groups is 1. The van der Waals surface area contributed by atoms with Crippen LogP contribution in [0.4, 0.5) is 5.69 Å². The molecule has 1 N–H and O–H groups in total. The highest BCUT2D eigenvalue weighted by atomic mass is 16.5. The van der Waals surface area contributed by atoms with E-state index in [4.69, 9.17) is 14.2 Å². The van der Waals surface area contributed by atoms with Crippen LogP contribution < -0.4 is 14.8 Å². The van der Waals surface area contributed by atoms with Gasteiger partial charge in [0.05, 0.1) is 25.9 Å². The van der Waals surface area contributed by atoms with Crippen molar-refractivity contribution in [2.75, 3.05) is 38.7 Å². The fourth-order valence-electron chi connectivity index (χ4n) is 4.44. The number of rotatable bonds is 7. The number of anilines is 1. The summed E-state index contributed by atoms with van der Waals surface area (Å²) in [5, 5.41) is 2.93. The topological polar surface area (TPSA) is 60.0 Å². The third-order valence-corrected chi connectivity index (χ3v) is 5.83. The molecule has 2 aromatic carbocycles. The van der Waals surface area contributed by atoms with E-state index < -0.39 is 0 Å². The summed E-state index contributed by atoms with van der Waals surface area (Å²) in [6.07, 6.45) is 3.39. The van der Waals surface area contributed by atoms with Crippen LogP contribution in [0.2, 0.25) is 0 Å². The number of ether oxygens (including phenoxy) is 3. The number of hydrogen-bond acceptors (Lipinski definition) is 5. The first kappa shape index (κ1) is 22.4. The number of morpholine rings is 1. The monoisotopic (exact) mass is 436 g/mol. The molecule has 0 aliphatic carbocycles. The minimum Gasteiger partial charge on any atom is -0.493 e. The van der Waals surface area contributed by atoms with Crippen molar-refractivity contribution in [3.63, 3.8) is 0 Å². The van der Waals surface area contributed by atoms with E-state index in [2.05, 4.69) is 24.1 Å². The van der Waals surface area contributed by atoms with Crippen LogP contribution in [0.15, 0.2) is 36.4 Å². The van der Waals surface area contributed by atoms with Gasteiger partial charge in [0.1, 0.15) is 0 Å². The minimum absolute atomic E-state index is 0.0864. The van der Waals surface area contributed by atoms with Gasteiger partial charge >= 0.3 is 0 Å². The fourth-order valence-corrected chi connectivity index (χ4v) is 4.44. The highest BCUT2D eigenvalue weighted by Gasteiger charge is 2.24. The van der Waals surface area contributed by atoms with Crippen LogP contribution in [0.25, 0.3) is 11.6 Å².